The fraction of sp³-hybridized carbons (Fsp3) is 0.286. The van der Waals surface area contributed by atoms with Crippen molar-refractivity contribution in [3.05, 3.63) is 40.6 Å². The summed E-state index contributed by atoms with van der Waals surface area (Å²) in [5.74, 6) is 1.68. The monoisotopic (exact) mass is 308 g/mol. The highest BCUT2D eigenvalue weighted by atomic mass is 35.5. The number of rotatable bonds is 3. The van der Waals surface area contributed by atoms with E-state index in [9.17, 15) is 0 Å². The average Bonchev–Trinajstić information content (AvgIpc) is 2.96. The average molecular weight is 309 g/mol. The van der Waals surface area contributed by atoms with Gasteiger partial charge in [0, 0.05) is 24.2 Å². The van der Waals surface area contributed by atoms with E-state index in [1.54, 1.807) is 18.5 Å². The van der Waals surface area contributed by atoms with Crippen LogP contribution in [0.15, 0.2) is 30.6 Å². The van der Waals surface area contributed by atoms with Crippen LogP contribution in [-0.2, 0) is 0 Å². The lowest BCUT2D eigenvalue weighted by molar-refractivity contribution is 0.928. The largest absolute Gasteiger partial charge is 0.356 e. The summed E-state index contributed by atoms with van der Waals surface area (Å²) in [6.07, 6.45) is 4.01. The minimum atomic E-state index is 0.568. The number of hydrogen-bond acceptors (Lipinski definition) is 4. The van der Waals surface area contributed by atoms with E-state index in [1.807, 2.05) is 12.1 Å². The zero-order valence-electron chi connectivity index (χ0n) is 10.8. The molecule has 0 saturated carbocycles. The number of nitrogens with zero attached hydrogens (tertiary/aromatic N) is 3. The quantitative estimate of drug-likeness (QED) is 0.925. The third-order valence-electron chi connectivity index (χ3n) is 3.28. The number of benzene rings is 1. The van der Waals surface area contributed by atoms with Crippen molar-refractivity contribution >= 4 is 40.5 Å². The molecule has 0 aliphatic carbocycles. The van der Waals surface area contributed by atoms with Crippen molar-refractivity contribution in [3.8, 4) is 0 Å². The lowest BCUT2D eigenvalue weighted by atomic mass is 10.3. The van der Waals surface area contributed by atoms with Crippen molar-refractivity contribution in [3.63, 3.8) is 0 Å². The lowest BCUT2D eigenvalue weighted by Crippen LogP contribution is -2.19. The van der Waals surface area contributed by atoms with Gasteiger partial charge in [0.25, 0.3) is 0 Å². The Morgan fingerprint density at radius 1 is 1.05 bits per heavy atom. The van der Waals surface area contributed by atoms with Gasteiger partial charge in [-0.3, -0.25) is 0 Å². The Kier molecular flexibility index (Phi) is 3.94. The fourth-order valence-electron chi connectivity index (χ4n) is 2.26. The van der Waals surface area contributed by atoms with E-state index < -0.39 is 0 Å². The van der Waals surface area contributed by atoms with Crippen molar-refractivity contribution in [2.45, 2.75) is 12.8 Å². The van der Waals surface area contributed by atoms with Crippen molar-refractivity contribution in [1.82, 2.24) is 9.97 Å². The van der Waals surface area contributed by atoms with Gasteiger partial charge in [0.2, 0.25) is 0 Å². The first-order chi connectivity index (χ1) is 9.72. The molecule has 1 fully saturated rings. The molecule has 0 amide bonds. The molecule has 0 radical (unpaired) electrons. The van der Waals surface area contributed by atoms with Crippen LogP contribution in [0, 0.1) is 0 Å². The smallest absolute Gasteiger partial charge is 0.135 e. The molecule has 6 heteroatoms. The summed E-state index contributed by atoms with van der Waals surface area (Å²) in [5.41, 5.74) is 0.780. The van der Waals surface area contributed by atoms with Crippen molar-refractivity contribution in [2.24, 2.45) is 0 Å². The SMILES string of the molecule is Clc1ccc(Nc2cc(N3CCCC3)ncn2)c(Cl)c1. The molecule has 104 valence electrons. The molecule has 1 aromatic heterocycles. The van der Waals surface area contributed by atoms with Gasteiger partial charge in [-0.2, -0.15) is 0 Å². The van der Waals surface area contributed by atoms with Gasteiger partial charge in [0.15, 0.2) is 0 Å². The van der Waals surface area contributed by atoms with Gasteiger partial charge in [-0.25, -0.2) is 9.97 Å². The van der Waals surface area contributed by atoms with Gasteiger partial charge in [-0.15, -0.1) is 0 Å². The lowest BCUT2D eigenvalue weighted by Gasteiger charge is -2.17. The van der Waals surface area contributed by atoms with Crippen LogP contribution in [0.25, 0.3) is 0 Å². The molecule has 2 heterocycles. The van der Waals surface area contributed by atoms with Crippen LogP contribution in [0.4, 0.5) is 17.3 Å². The molecule has 0 bridgehead atoms. The Hall–Kier alpha value is -1.52. The molecule has 1 N–H and O–H groups in total. The first-order valence-corrected chi connectivity index (χ1v) is 7.27. The van der Waals surface area contributed by atoms with E-state index in [0.29, 0.717) is 10.0 Å². The van der Waals surface area contributed by atoms with Gasteiger partial charge in [0.05, 0.1) is 10.7 Å². The summed E-state index contributed by atoms with van der Waals surface area (Å²) in [7, 11) is 0. The number of halogens is 2. The molecule has 1 saturated heterocycles. The van der Waals surface area contributed by atoms with Gasteiger partial charge in [-0.1, -0.05) is 23.2 Å². The number of nitrogens with one attached hydrogen (secondary N) is 1. The molecule has 3 rings (SSSR count). The first kappa shape index (κ1) is 13.5. The Bertz CT molecular complexity index is 612. The fourth-order valence-corrected chi connectivity index (χ4v) is 2.72. The second-order valence-electron chi connectivity index (χ2n) is 4.70. The predicted molar refractivity (Wildman–Crippen MR) is 83.2 cm³/mol. The third-order valence-corrected chi connectivity index (χ3v) is 3.82. The third kappa shape index (κ3) is 2.97. The van der Waals surface area contributed by atoms with E-state index in [4.69, 9.17) is 23.2 Å². The predicted octanol–water partition coefficient (Wildman–Crippen LogP) is 4.13. The van der Waals surface area contributed by atoms with E-state index in [0.717, 1.165) is 30.4 Å². The zero-order chi connectivity index (χ0) is 13.9. The van der Waals surface area contributed by atoms with Crippen LogP contribution in [0.3, 0.4) is 0 Å². The Balaban J connectivity index is 1.81. The highest BCUT2D eigenvalue weighted by molar-refractivity contribution is 6.36. The van der Waals surface area contributed by atoms with Gasteiger partial charge in [0.1, 0.15) is 18.0 Å². The summed E-state index contributed by atoms with van der Waals surface area (Å²) < 4.78 is 0. The summed E-state index contributed by atoms with van der Waals surface area (Å²) >= 11 is 12.0. The Labute approximate surface area is 127 Å². The minimum absolute atomic E-state index is 0.568. The molecule has 0 unspecified atom stereocenters. The van der Waals surface area contributed by atoms with Crippen molar-refractivity contribution in [1.29, 1.82) is 0 Å². The van der Waals surface area contributed by atoms with Crippen LogP contribution in [0.2, 0.25) is 10.0 Å². The van der Waals surface area contributed by atoms with Crippen molar-refractivity contribution in [2.75, 3.05) is 23.3 Å². The number of anilines is 3. The van der Waals surface area contributed by atoms with E-state index in [1.165, 1.54) is 12.8 Å². The summed E-state index contributed by atoms with van der Waals surface area (Å²) in [6.45, 7) is 2.11. The minimum Gasteiger partial charge on any atom is -0.356 e. The van der Waals surface area contributed by atoms with Gasteiger partial charge >= 0.3 is 0 Å². The van der Waals surface area contributed by atoms with Crippen LogP contribution in [0.5, 0.6) is 0 Å². The van der Waals surface area contributed by atoms with E-state index >= 15 is 0 Å². The van der Waals surface area contributed by atoms with Crippen LogP contribution in [-0.4, -0.2) is 23.1 Å². The maximum absolute atomic E-state index is 6.15. The zero-order valence-corrected chi connectivity index (χ0v) is 12.3. The number of hydrogen-bond donors (Lipinski definition) is 1. The molecule has 1 aliphatic rings. The molecule has 0 atom stereocenters. The second-order valence-corrected chi connectivity index (χ2v) is 5.55. The normalized spacial score (nSPS) is 14.6. The van der Waals surface area contributed by atoms with Crippen molar-refractivity contribution < 1.29 is 0 Å². The van der Waals surface area contributed by atoms with Crippen LogP contribution < -0.4 is 10.2 Å². The molecule has 20 heavy (non-hydrogen) atoms. The summed E-state index contributed by atoms with van der Waals surface area (Å²) in [5, 5.41) is 4.38. The van der Waals surface area contributed by atoms with Gasteiger partial charge in [-0.05, 0) is 31.0 Å². The molecular weight excluding hydrogens is 295 g/mol. The molecule has 1 aromatic carbocycles. The van der Waals surface area contributed by atoms with Crippen LogP contribution >= 0.6 is 23.2 Å². The molecule has 1 aliphatic heterocycles. The van der Waals surface area contributed by atoms with E-state index in [-0.39, 0.29) is 0 Å². The van der Waals surface area contributed by atoms with Gasteiger partial charge < -0.3 is 10.2 Å². The standard InChI is InChI=1S/C14H14Cl2N4/c15-10-3-4-12(11(16)7-10)19-13-8-14(18-9-17-13)20-5-1-2-6-20/h3-4,7-9H,1-2,5-6H2,(H,17,18,19). The highest BCUT2D eigenvalue weighted by Crippen LogP contribution is 2.28. The second kappa shape index (κ2) is 5.85. The maximum Gasteiger partial charge on any atom is 0.135 e. The molecule has 2 aromatic rings. The summed E-state index contributed by atoms with van der Waals surface area (Å²) in [4.78, 5) is 10.8. The highest BCUT2D eigenvalue weighted by Gasteiger charge is 2.14. The first-order valence-electron chi connectivity index (χ1n) is 6.51. The maximum atomic E-state index is 6.15. The topological polar surface area (TPSA) is 41.0 Å². The Morgan fingerprint density at radius 3 is 2.60 bits per heavy atom. The summed E-state index contributed by atoms with van der Waals surface area (Å²) in [6, 6.07) is 7.27. The molecule has 0 spiro atoms. The number of aromatic nitrogens is 2. The molecule has 4 nitrogen and oxygen atoms in total. The Morgan fingerprint density at radius 2 is 1.85 bits per heavy atom. The molecular formula is C14H14Cl2N4. The van der Waals surface area contributed by atoms with E-state index in [2.05, 4.69) is 20.2 Å². The van der Waals surface area contributed by atoms with Crippen LogP contribution in [0.1, 0.15) is 12.8 Å².